The molecule has 1 fully saturated rings. The minimum Gasteiger partial charge on any atom is -0.400 e. The van der Waals surface area contributed by atoms with Gasteiger partial charge >= 0.3 is 7.12 Å². The Kier molecular flexibility index (Phi) is 7.17. The van der Waals surface area contributed by atoms with Crippen LogP contribution in [0.2, 0.25) is 0 Å². The summed E-state index contributed by atoms with van der Waals surface area (Å²) in [7, 11) is -0.212. The largest absolute Gasteiger partial charge is 0.490 e. The molecule has 0 bridgehead atoms. The fourth-order valence-electron chi connectivity index (χ4n) is 3.34. The number of hydrogen-bond donors (Lipinski definition) is 0. The molecule has 0 atom stereocenters. The predicted octanol–water partition coefficient (Wildman–Crippen LogP) is 4.57. The summed E-state index contributed by atoms with van der Waals surface area (Å²) < 4.78 is 24.3. The van der Waals surface area contributed by atoms with E-state index >= 15 is 0 Å². The molecule has 0 aromatic rings. The van der Waals surface area contributed by atoms with Crippen LogP contribution in [0.1, 0.15) is 73.6 Å². The Morgan fingerprint density at radius 3 is 1.88 bits per heavy atom. The van der Waals surface area contributed by atoms with E-state index in [1.54, 1.807) is 0 Å². The molecule has 0 unspecified atom stereocenters. The molecule has 5 heteroatoms. The van der Waals surface area contributed by atoms with Crippen LogP contribution in [0.15, 0.2) is 11.5 Å². The Balaban J connectivity index is 2.01. The second-order valence-corrected chi connectivity index (χ2v) is 8.68. The summed E-state index contributed by atoms with van der Waals surface area (Å²) in [5.74, 6) is 0. The summed E-state index contributed by atoms with van der Waals surface area (Å²) >= 11 is 0. The molecule has 2 rings (SSSR count). The lowest BCUT2D eigenvalue weighted by Crippen LogP contribution is -2.41. The third-order valence-electron chi connectivity index (χ3n) is 5.81. The van der Waals surface area contributed by atoms with Crippen molar-refractivity contribution in [1.82, 2.24) is 0 Å². The smallest absolute Gasteiger partial charge is 0.400 e. The maximum Gasteiger partial charge on any atom is 0.490 e. The summed E-state index contributed by atoms with van der Waals surface area (Å²) in [5.41, 5.74) is 0.820. The zero-order valence-corrected chi connectivity index (χ0v) is 17.2. The molecule has 144 valence electrons. The van der Waals surface area contributed by atoms with Crippen molar-refractivity contribution >= 4 is 7.12 Å². The quantitative estimate of drug-likeness (QED) is 0.450. The summed E-state index contributed by atoms with van der Waals surface area (Å²) in [6.45, 7) is 15.9. The van der Waals surface area contributed by atoms with E-state index in [1.165, 1.54) is 5.47 Å². The number of rotatable bonds is 9. The van der Waals surface area contributed by atoms with Crippen LogP contribution in [0, 0.1) is 5.41 Å². The van der Waals surface area contributed by atoms with Gasteiger partial charge in [-0.25, -0.2) is 0 Å². The Bertz CT molecular complexity index is 433. The molecule has 0 N–H and O–H groups in total. The van der Waals surface area contributed by atoms with Gasteiger partial charge < -0.3 is 18.8 Å². The van der Waals surface area contributed by atoms with Gasteiger partial charge in [-0.3, -0.25) is 0 Å². The SMILES string of the molecule is CCCOCC1(COCCC)CC=C(B2OC(C)(C)C(C)(C)O2)CC1. The molecule has 4 nitrogen and oxygen atoms in total. The van der Waals surface area contributed by atoms with Gasteiger partial charge in [-0.05, 0) is 65.3 Å². The van der Waals surface area contributed by atoms with Gasteiger partial charge in [-0.15, -0.1) is 0 Å². The highest BCUT2D eigenvalue weighted by Crippen LogP contribution is 2.43. The van der Waals surface area contributed by atoms with Gasteiger partial charge in [-0.2, -0.15) is 0 Å². The molecule has 2 aliphatic rings. The first kappa shape index (κ1) is 21.0. The molecule has 0 radical (unpaired) electrons. The van der Waals surface area contributed by atoms with Gasteiger partial charge in [0.05, 0.1) is 24.4 Å². The topological polar surface area (TPSA) is 36.9 Å². The number of allylic oxidation sites excluding steroid dienone is 2. The predicted molar refractivity (Wildman–Crippen MR) is 103 cm³/mol. The van der Waals surface area contributed by atoms with E-state index in [9.17, 15) is 0 Å². The standard InChI is InChI=1S/C20H37BO4/c1-7-13-22-15-20(16-23-14-8-2)11-9-17(10-12-20)21-24-18(3,4)19(5,6)25-21/h9H,7-8,10-16H2,1-6H3. The van der Waals surface area contributed by atoms with Gasteiger partial charge in [0.1, 0.15) is 0 Å². The van der Waals surface area contributed by atoms with Crippen LogP contribution < -0.4 is 0 Å². The van der Waals surface area contributed by atoms with Crippen LogP contribution in [0.4, 0.5) is 0 Å². The first-order valence-electron chi connectivity index (χ1n) is 9.95. The van der Waals surface area contributed by atoms with Gasteiger partial charge in [0.2, 0.25) is 0 Å². The third-order valence-corrected chi connectivity index (χ3v) is 5.81. The zero-order chi connectivity index (χ0) is 18.6. The Morgan fingerprint density at radius 2 is 1.48 bits per heavy atom. The van der Waals surface area contributed by atoms with Crippen molar-refractivity contribution in [2.24, 2.45) is 5.41 Å². The second kappa shape index (κ2) is 8.56. The molecule has 0 amide bonds. The van der Waals surface area contributed by atoms with E-state index in [2.05, 4.69) is 47.6 Å². The molecule has 1 aliphatic heterocycles. The normalized spacial score (nSPS) is 24.4. The van der Waals surface area contributed by atoms with E-state index in [0.29, 0.717) is 0 Å². The maximum absolute atomic E-state index is 6.22. The fraction of sp³-hybridized carbons (Fsp3) is 0.900. The van der Waals surface area contributed by atoms with E-state index < -0.39 is 0 Å². The summed E-state index contributed by atoms with van der Waals surface area (Å²) in [6.07, 6.45) is 7.45. The lowest BCUT2D eigenvalue weighted by Gasteiger charge is -2.36. The molecule has 1 aliphatic carbocycles. The Hall–Kier alpha value is -0.355. The third kappa shape index (κ3) is 5.09. The minimum absolute atomic E-state index is 0.0947. The maximum atomic E-state index is 6.22. The number of hydrogen-bond acceptors (Lipinski definition) is 4. The highest BCUT2D eigenvalue weighted by Gasteiger charge is 2.52. The van der Waals surface area contributed by atoms with E-state index in [-0.39, 0.29) is 23.7 Å². The van der Waals surface area contributed by atoms with Crippen molar-refractivity contribution in [1.29, 1.82) is 0 Å². The van der Waals surface area contributed by atoms with Crippen molar-refractivity contribution in [3.05, 3.63) is 11.5 Å². The lowest BCUT2D eigenvalue weighted by molar-refractivity contribution is -0.0279. The molecule has 1 saturated heterocycles. The molecular weight excluding hydrogens is 315 g/mol. The molecule has 0 aromatic heterocycles. The minimum atomic E-state index is -0.276. The molecule has 0 aromatic carbocycles. The van der Waals surface area contributed by atoms with Crippen LogP contribution in [0.25, 0.3) is 0 Å². The van der Waals surface area contributed by atoms with Crippen molar-refractivity contribution < 1.29 is 18.8 Å². The second-order valence-electron chi connectivity index (χ2n) is 8.68. The number of ether oxygens (including phenoxy) is 2. The van der Waals surface area contributed by atoms with Crippen molar-refractivity contribution in [3.8, 4) is 0 Å². The first-order chi connectivity index (χ1) is 11.8. The highest BCUT2D eigenvalue weighted by atomic mass is 16.7. The van der Waals surface area contributed by atoms with Crippen LogP contribution in [0.3, 0.4) is 0 Å². The summed E-state index contributed by atoms with van der Waals surface area (Å²) in [6, 6.07) is 0. The first-order valence-corrected chi connectivity index (χ1v) is 9.95. The highest BCUT2D eigenvalue weighted by molar-refractivity contribution is 6.54. The molecule has 1 heterocycles. The van der Waals surface area contributed by atoms with Crippen LogP contribution in [0.5, 0.6) is 0 Å². The van der Waals surface area contributed by atoms with Crippen LogP contribution in [-0.2, 0) is 18.8 Å². The van der Waals surface area contributed by atoms with Crippen molar-refractivity contribution in [3.63, 3.8) is 0 Å². The van der Waals surface area contributed by atoms with Gasteiger partial charge in [0, 0.05) is 18.6 Å². The summed E-state index contributed by atoms with van der Waals surface area (Å²) in [4.78, 5) is 0. The van der Waals surface area contributed by atoms with E-state index in [4.69, 9.17) is 18.8 Å². The fourth-order valence-corrected chi connectivity index (χ4v) is 3.34. The lowest BCUT2D eigenvalue weighted by atomic mass is 9.66. The van der Waals surface area contributed by atoms with E-state index in [0.717, 1.165) is 58.5 Å². The van der Waals surface area contributed by atoms with Crippen molar-refractivity contribution in [2.75, 3.05) is 26.4 Å². The average molecular weight is 352 g/mol. The zero-order valence-electron chi connectivity index (χ0n) is 17.2. The van der Waals surface area contributed by atoms with Gasteiger partial charge in [0.15, 0.2) is 0 Å². The molecule has 25 heavy (non-hydrogen) atoms. The Labute approximate surface area is 154 Å². The van der Waals surface area contributed by atoms with E-state index in [1.807, 2.05) is 0 Å². The van der Waals surface area contributed by atoms with Gasteiger partial charge in [-0.1, -0.05) is 19.9 Å². The van der Waals surface area contributed by atoms with Crippen molar-refractivity contribution in [2.45, 2.75) is 84.8 Å². The van der Waals surface area contributed by atoms with Crippen LogP contribution in [-0.4, -0.2) is 44.7 Å². The van der Waals surface area contributed by atoms with Gasteiger partial charge in [0.25, 0.3) is 0 Å². The molecule has 0 saturated carbocycles. The summed E-state index contributed by atoms with van der Waals surface area (Å²) in [5, 5.41) is 0. The molecule has 0 spiro atoms. The Morgan fingerprint density at radius 1 is 0.960 bits per heavy atom. The molecular formula is C20H37BO4. The monoisotopic (exact) mass is 352 g/mol. The van der Waals surface area contributed by atoms with Crippen LogP contribution >= 0.6 is 0 Å². The average Bonchev–Trinajstić information content (AvgIpc) is 2.77.